The molecule has 4 nitrogen and oxygen atoms in total. The molecule has 0 amide bonds. The van der Waals surface area contributed by atoms with E-state index in [0.29, 0.717) is 22.8 Å². The first-order valence-electron chi connectivity index (χ1n) is 7.66. The topological polar surface area (TPSA) is 44.2 Å². The summed E-state index contributed by atoms with van der Waals surface area (Å²) in [7, 11) is 3.02. The Morgan fingerprint density at radius 1 is 0.885 bits per heavy atom. The molecule has 0 aliphatic carbocycles. The van der Waals surface area contributed by atoms with Crippen molar-refractivity contribution < 1.29 is 18.3 Å². The molecule has 0 radical (unpaired) electrons. The molecule has 0 N–H and O–H groups in total. The summed E-state index contributed by atoms with van der Waals surface area (Å²) in [5, 5.41) is -0.0280. The summed E-state index contributed by atoms with van der Waals surface area (Å²) >= 11 is 6.01. The Bertz CT molecular complexity index is 937. The van der Waals surface area contributed by atoms with Crippen LogP contribution in [0.4, 0.5) is 8.78 Å². The Kier molecular flexibility index (Phi) is 5.04. The average Bonchev–Trinajstić information content (AvgIpc) is 2.62. The number of nitrogens with zero attached hydrogens (tertiary/aromatic N) is 2. The van der Waals surface area contributed by atoms with Gasteiger partial charge in [-0.25, -0.2) is 18.7 Å². The molecule has 26 heavy (non-hydrogen) atoms. The molecule has 3 rings (SSSR count). The predicted molar refractivity (Wildman–Crippen MR) is 95.7 cm³/mol. The second-order valence-corrected chi connectivity index (χ2v) is 5.84. The summed E-state index contributed by atoms with van der Waals surface area (Å²) < 4.78 is 39.4. The maximum Gasteiger partial charge on any atom is 0.223 e. The zero-order valence-electron chi connectivity index (χ0n) is 14.3. The third-order valence-corrected chi connectivity index (χ3v) is 4.07. The van der Waals surface area contributed by atoms with Crippen molar-refractivity contribution in [2.75, 3.05) is 14.2 Å². The summed E-state index contributed by atoms with van der Waals surface area (Å²) in [6.07, 6.45) is 0. The van der Waals surface area contributed by atoms with E-state index in [4.69, 9.17) is 21.1 Å². The van der Waals surface area contributed by atoms with Crippen LogP contribution in [0.15, 0.2) is 36.4 Å². The number of hydrogen-bond donors (Lipinski definition) is 0. The van der Waals surface area contributed by atoms with Gasteiger partial charge in [0.15, 0.2) is 0 Å². The first-order valence-corrected chi connectivity index (χ1v) is 8.04. The lowest BCUT2D eigenvalue weighted by Crippen LogP contribution is -2.01. The quantitative estimate of drug-likeness (QED) is 0.596. The van der Waals surface area contributed by atoms with Crippen molar-refractivity contribution in [1.29, 1.82) is 0 Å². The first kappa shape index (κ1) is 18.1. The van der Waals surface area contributed by atoms with Crippen molar-refractivity contribution in [2.45, 2.75) is 6.92 Å². The van der Waals surface area contributed by atoms with Crippen LogP contribution in [-0.4, -0.2) is 24.2 Å². The Morgan fingerprint density at radius 2 is 1.46 bits per heavy atom. The van der Waals surface area contributed by atoms with E-state index in [0.717, 1.165) is 0 Å². The van der Waals surface area contributed by atoms with Gasteiger partial charge in [-0.1, -0.05) is 6.07 Å². The zero-order chi connectivity index (χ0) is 18.8. The van der Waals surface area contributed by atoms with Gasteiger partial charge < -0.3 is 9.47 Å². The highest BCUT2D eigenvalue weighted by molar-refractivity contribution is 6.28. The molecule has 1 heterocycles. The number of ether oxygens (including phenoxy) is 2. The Balaban J connectivity index is 2.36. The molecule has 0 saturated heterocycles. The predicted octanol–water partition coefficient (Wildman–Crippen LogP) is 5.07. The van der Waals surface area contributed by atoms with E-state index in [2.05, 4.69) is 9.97 Å². The molecular formula is C19H15ClF2N2O2. The molecule has 0 fully saturated rings. The number of hydrogen-bond acceptors (Lipinski definition) is 4. The van der Waals surface area contributed by atoms with Gasteiger partial charge >= 0.3 is 0 Å². The number of halogens is 3. The lowest BCUT2D eigenvalue weighted by atomic mass is 9.97. The minimum absolute atomic E-state index is 0.0280. The lowest BCUT2D eigenvalue weighted by molar-refractivity contribution is 0.394. The van der Waals surface area contributed by atoms with Gasteiger partial charge in [-0.2, -0.15) is 0 Å². The van der Waals surface area contributed by atoms with E-state index in [-0.39, 0.29) is 22.1 Å². The maximum atomic E-state index is 14.4. The van der Waals surface area contributed by atoms with Crippen molar-refractivity contribution in [3.63, 3.8) is 0 Å². The molecule has 0 saturated carbocycles. The Labute approximate surface area is 154 Å². The summed E-state index contributed by atoms with van der Waals surface area (Å²) in [6, 6.07) is 8.72. The van der Waals surface area contributed by atoms with Crippen molar-refractivity contribution in [2.24, 2.45) is 0 Å². The molecule has 1 aromatic heterocycles. The minimum Gasteiger partial charge on any atom is -0.497 e. The van der Waals surface area contributed by atoms with Crippen LogP contribution in [0.1, 0.15) is 5.69 Å². The molecule has 134 valence electrons. The van der Waals surface area contributed by atoms with Crippen LogP contribution in [-0.2, 0) is 0 Å². The van der Waals surface area contributed by atoms with Crippen LogP contribution in [0, 0.1) is 18.6 Å². The monoisotopic (exact) mass is 376 g/mol. The fourth-order valence-corrected chi connectivity index (χ4v) is 2.94. The van der Waals surface area contributed by atoms with Gasteiger partial charge in [0, 0.05) is 17.2 Å². The number of aromatic nitrogens is 2. The third kappa shape index (κ3) is 3.32. The van der Waals surface area contributed by atoms with Crippen LogP contribution in [0.25, 0.3) is 22.4 Å². The van der Waals surface area contributed by atoms with E-state index in [1.54, 1.807) is 25.1 Å². The van der Waals surface area contributed by atoms with Gasteiger partial charge in [0.05, 0.1) is 31.2 Å². The third-order valence-electron chi connectivity index (χ3n) is 3.90. The van der Waals surface area contributed by atoms with E-state index in [9.17, 15) is 8.78 Å². The Morgan fingerprint density at radius 3 is 2.00 bits per heavy atom. The van der Waals surface area contributed by atoms with Gasteiger partial charge in [0.25, 0.3) is 0 Å². The molecule has 0 unspecified atom stereocenters. The largest absolute Gasteiger partial charge is 0.497 e. The van der Waals surface area contributed by atoms with Gasteiger partial charge in [-0.05, 0) is 42.8 Å². The highest BCUT2D eigenvalue weighted by Crippen LogP contribution is 2.38. The smallest absolute Gasteiger partial charge is 0.223 e. The van der Waals surface area contributed by atoms with Crippen molar-refractivity contribution in [3.8, 4) is 33.9 Å². The van der Waals surface area contributed by atoms with Gasteiger partial charge in [0.2, 0.25) is 5.28 Å². The van der Waals surface area contributed by atoms with Gasteiger partial charge in [-0.15, -0.1) is 0 Å². The number of benzene rings is 2. The fraction of sp³-hybridized carbons (Fsp3) is 0.158. The molecule has 2 aromatic carbocycles. The highest BCUT2D eigenvalue weighted by Gasteiger charge is 2.22. The number of methoxy groups -OCH3 is 2. The molecule has 3 aromatic rings. The fourth-order valence-electron chi connectivity index (χ4n) is 2.73. The summed E-state index contributed by atoms with van der Waals surface area (Å²) in [4.78, 5) is 8.29. The van der Waals surface area contributed by atoms with Crippen LogP contribution in [0.2, 0.25) is 5.28 Å². The first-order chi connectivity index (χ1) is 12.4. The van der Waals surface area contributed by atoms with Crippen LogP contribution in [0.5, 0.6) is 11.5 Å². The van der Waals surface area contributed by atoms with Crippen LogP contribution >= 0.6 is 11.6 Å². The van der Waals surface area contributed by atoms with Crippen molar-refractivity contribution >= 4 is 11.6 Å². The van der Waals surface area contributed by atoms with Gasteiger partial charge in [-0.3, -0.25) is 0 Å². The molecule has 0 aliphatic heterocycles. The van der Waals surface area contributed by atoms with Crippen LogP contribution in [0.3, 0.4) is 0 Å². The number of rotatable bonds is 4. The van der Waals surface area contributed by atoms with E-state index in [1.807, 2.05) is 0 Å². The minimum atomic E-state index is -0.713. The molecule has 0 spiro atoms. The standard InChI is InChI=1S/C19H15ClF2N2O2/c1-10-16(17-14(21)5-4-6-15(17)22)18(24-19(20)23-10)11-7-12(25-2)9-13(8-11)26-3/h4-9H,1-3H3. The van der Waals surface area contributed by atoms with Crippen molar-refractivity contribution in [1.82, 2.24) is 9.97 Å². The maximum absolute atomic E-state index is 14.4. The Hall–Kier alpha value is -2.73. The normalized spacial score (nSPS) is 10.7. The lowest BCUT2D eigenvalue weighted by Gasteiger charge is -2.15. The SMILES string of the molecule is COc1cc(OC)cc(-c2nc(Cl)nc(C)c2-c2c(F)cccc2F)c1. The molecule has 0 bridgehead atoms. The molecule has 7 heteroatoms. The molecule has 0 aliphatic rings. The highest BCUT2D eigenvalue weighted by atomic mass is 35.5. The van der Waals surface area contributed by atoms with Crippen molar-refractivity contribution in [3.05, 3.63) is 59.0 Å². The number of aryl methyl sites for hydroxylation is 1. The summed E-state index contributed by atoms with van der Waals surface area (Å²) in [6.45, 7) is 1.62. The van der Waals surface area contributed by atoms with E-state index in [1.165, 1.54) is 32.4 Å². The van der Waals surface area contributed by atoms with Gasteiger partial charge in [0.1, 0.15) is 23.1 Å². The zero-order valence-corrected chi connectivity index (χ0v) is 15.1. The summed E-state index contributed by atoms with van der Waals surface area (Å²) in [5.74, 6) is -0.413. The molecular weight excluding hydrogens is 362 g/mol. The second-order valence-electron chi connectivity index (χ2n) is 5.50. The van der Waals surface area contributed by atoms with E-state index >= 15 is 0 Å². The summed E-state index contributed by atoms with van der Waals surface area (Å²) in [5.41, 5.74) is 1.18. The average molecular weight is 377 g/mol. The van der Waals surface area contributed by atoms with Crippen LogP contribution < -0.4 is 9.47 Å². The van der Waals surface area contributed by atoms with E-state index < -0.39 is 11.6 Å². The molecule has 0 atom stereocenters. The second kappa shape index (κ2) is 7.25.